The molecular formula is C27H27N5O5. The van der Waals surface area contributed by atoms with E-state index in [4.69, 9.17) is 19.0 Å². The second kappa shape index (κ2) is 9.45. The number of rotatable bonds is 8. The first-order chi connectivity index (χ1) is 17.8. The van der Waals surface area contributed by atoms with E-state index in [1.807, 2.05) is 57.8 Å². The summed E-state index contributed by atoms with van der Waals surface area (Å²) >= 11 is 0. The van der Waals surface area contributed by atoms with Gasteiger partial charge in [-0.1, -0.05) is 5.16 Å². The van der Waals surface area contributed by atoms with E-state index >= 15 is 0 Å². The van der Waals surface area contributed by atoms with Crippen molar-refractivity contribution in [3.05, 3.63) is 60.0 Å². The zero-order valence-corrected chi connectivity index (χ0v) is 21.3. The van der Waals surface area contributed by atoms with Gasteiger partial charge in [-0.3, -0.25) is 9.67 Å². The van der Waals surface area contributed by atoms with Gasteiger partial charge in [-0.15, -0.1) is 0 Å². The van der Waals surface area contributed by atoms with Crippen LogP contribution >= 0.6 is 0 Å². The zero-order valence-electron chi connectivity index (χ0n) is 21.3. The minimum atomic E-state index is -1.07. The predicted molar refractivity (Wildman–Crippen MR) is 138 cm³/mol. The van der Waals surface area contributed by atoms with Crippen LogP contribution < -0.4 is 9.47 Å². The molecule has 5 aromatic rings. The summed E-state index contributed by atoms with van der Waals surface area (Å²) < 4.78 is 21.0. The van der Waals surface area contributed by atoms with Crippen molar-refractivity contribution in [2.45, 2.75) is 27.7 Å². The summed E-state index contributed by atoms with van der Waals surface area (Å²) in [5, 5.41) is 18.1. The van der Waals surface area contributed by atoms with Crippen molar-refractivity contribution < 1.29 is 23.9 Å². The molecule has 4 heterocycles. The number of carboxylic acids is 1. The number of aromatic carboxylic acids is 1. The fourth-order valence-electron chi connectivity index (χ4n) is 4.57. The number of ether oxygens (including phenoxy) is 2. The third-order valence-electron chi connectivity index (χ3n) is 6.11. The highest BCUT2D eigenvalue weighted by Gasteiger charge is 2.24. The van der Waals surface area contributed by atoms with Gasteiger partial charge in [0.25, 0.3) is 0 Å². The number of aromatic nitrogens is 5. The maximum absolute atomic E-state index is 11.9. The Balaban J connectivity index is 1.86. The van der Waals surface area contributed by atoms with E-state index < -0.39 is 5.97 Å². The van der Waals surface area contributed by atoms with E-state index in [0.717, 1.165) is 39.0 Å². The van der Waals surface area contributed by atoms with Crippen molar-refractivity contribution in [2.75, 3.05) is 13.2 Å². The molecular weight excluding hydrogens is 474 g/mol. The Hall–Kier alpha value is -4.60. The predicted octanol–water partition coefficient (Wildman–Crippen LogP) is 5.19. The van der Waals surface area contributed by atoms with Crippen LogP contribution in [0.25, 0.3) is 39.0 Å². The smallest absolute Gasteiger partial charge is 0.335 e. The van der Waals surface area contributed by atoms with Crippen molar-refractivity contribution in [1.29, 1.82) is 0 Å². The fourth-order valence-corrected chi connectivity index (χ4v) is 4.57. The molecule has 0 atom stereocenters. The molecule has 0 unspecified atom stereocenters. The Bertz CT molecular complexity index is 1580. The molecule has 10 nitrogen and oxygen atoms in total. The molecule has 37 heavy (non-hydrogen) atoms. The first-order valence-corrected chi connectivity index (χ1v) is 11.9. The average molecular weight is 502 g/mol. The highest BCUT2D eigenvalue weighted by molar-refractivity contribution is 5.97. The van der Waals surface area contributed by atoms with Crippen molar-refractivity contribution in [3.8, 4) is 39.4 Å². The minimum Gasteiger partial charge on any atom is -0.492 e. The molecule has 0 saturated heterocycles. The molecule has 0 radical (unpaired) electrons. The molecule has 1 N–H and O–H groups in total. The van der Waals surface area contributed by atoms with E-state index in [0.29, 0.717) is 36.2 Å². The van der Waals surface area contributed by atoms with Crippen molar-refractivity contribution in [1.82, 2.24) is 24.5 Å². The number of nitrogens with zero attached hydrogens (tertiary/aromatic N) is 5. The summed E-state index contributed by atoms with van der Waals surface area (Å²) in [6, 6.07) is 5.06. The largest absolute Gasteiger partial charge is 0.492 e. The molecule has 0 aliphatic rings. The first-order valence-electron chi connectivity index (χ1n) is 11.9. The van der Waals surface area contributed by atoms with Crippen LogP contribution in [0.5, 0.6) is 11.5 Å². The van der Waals surface area contributed by atoms with Gasteiger partial charge in [0.1, 0.15) is 22.9 Å². The van der Waals surface area contributed by atoms with Gasteiger partial charge in [-0.2, -0.15) is 5.10 Å². The standard InChI is InChI=1S/C27H27N5O5/c1-6-35-22-9-17(27(33)34)10-23(36-7-2)26(22)32-14-20(19-12-29-31(5)13-19)25-21(32)8-18(11-28-25)24-15(3)30-37-16(24)4/h8-14H,6-7H2,1-5H3,(H,33,34). The Morgan fingerprint density at radius 3 is 2.27 bits per heavy atom. The van der Waals surface area contributed by atoms with Crippen LogP contribution in [0.4, 0.5) is 0 Å². The van der Waals surface area contributed by atoms with Gasteiger partial charge in [0.05, 0.1) is 41.7 Å². The number of pyridine rings is 1. The highest BCUT2D eigenvalue weighted by atomic mass is 16.5. The monoisotopic (exact) mass is 501 g/mol. The van der Waals surface area contributed by atoms with Crippen LogP contribution in [0.3, 0.4) is 0 Å². The van der Waals surface area contributed by atoms with E-state index in [1.54, 1.807) is 17.1 Å². The van der Waals surface area contributed by atoms with Crippen LogP contribution in [0.2, 0.25) is 0 Å². The summed E-state index contributed by atoms with van der Waals surface area (Å²) in [5.74, 6) is 0.413. The molecule has 5 rings (SSSR count). The number of hydrogen-bond acceptors (Lipinski definition) is 7. The number of carbonyl (C=O) groups is 1. The van der Waals surface area contributed by atoms with Gasteiger partial charge < -0.3 is 23.7 Å². The molecule has 0 amide bonds. The van der Waals surface area contributed by atoms with Crippen molar-refractivity contribution >= 4 is 17.0 Å². The lowest BCUT2D eigenvalue weighted by atomic mass is 10.1. The van der Waals surface area contributed by atoms with Gasteiger partial charge in [0.2, 0.25) is 0 Å². The van der Waals surface area contributed by atoms with Crippen LogP contribution in [-0.4, -0.2) is 48.8 Å². The second-order valence-corrected chi connectivity index (χ2v) is 8.60. The van der Waals surface area contributed by atoms with Gasteiger partial charge in [0, 0.05) is 47.9 Å². The maximum atomic E-state index is 11.9. The van der Waals surface area contributed by atoms with E-state index in [1.165, 1.54) is 12.1 Å². The molecule has 0 fully saturated rings. The molecule has 0 spiro atoms. The summed E-state index contributed by atoms with van der Waals surface area (Å²) in [6.07, 6.45) is 7.46. The van der Waals surface area contributed by atoms with Gasteiger partial charge >= 0.3 is 5.97 Å². The quantitative estimate of drug-likeness (QED) is 0.309. The molecule has 0 aliphatic heterocycles. The van der Waals surface area contributed by atoms with E-state index in [9.17, 15) is 9.90 Å². The van der Waals surface area contributed by atoms with Gasteiger partial charge in [-0.05, 0) is 45.9 Å². The number of fused-ring (bicyclic) bond motifs is 1. The maximum Gasteiger partial charge on any atom is 0.335 e. The van der Waals surface area contributed by atoms with E-state index in [-0.39, 0.29) is 5.56 Å². The number of carboxylic acid groups (broad SMARTS) is 1. The van der Waals surface area contributed by atoms with E-state index in [2.05, 4.69) is 10.3 Å². The number of aryl methyl sites for hydroxylation is 3. The zero-order chi connectivity index (χ0) is 26.3. The van der Waals surface area contributed by atoms with Crippen LogP contribution in [0.1, 0.15) is 35.7 Å². The topological polar surface area (TPSA) is 117 Å². The summed E-state index contributed by atoms with van der Waals surface area (Å²) in [4.78, 5) is 16.7. The molecule has 190 valence electrons. The van der Waals surface area contributed by atoms with Crippen molar-refractivity contribution in [2.24, 2.45) is 7.05 Å². The third kappa shape index (κ3) is 4.20. The Kier molecular flexibility index (Phi) is 6.16. The molecule has 1 aromatic carbocycles. The lowest BCUT2D eigenvalue weighted by molar-refractivity contribution is 0.0695. The third-order valence-corrected chi connectivity index (χ3v) is 6.11. The fraction of sp³-hybridized carbons (Fsp3) is 0.259. The Morgan fingerprint density at radius 1 is 1.03 bits per heavy atom. The molecule has 10 heteroatoms. The summed E-state index contributed by atoms with van der Waals surface area (Å²) in [5.41, 5.74) is 6.43. The first kappa shape index (κ1) is 24.1. The number of hydrogen-bond donors (Lipinski definition) is 1. The molecule has 0 aliphatic carbocycles. The SMILES string of the molecule is CCOc1cc(C(=O)O)cc(OCC)c1-n1cc(-c2cnn(C)c2)c2ncc(-c3c(C)noc3C)cc21. The van der Waals surface area contributed by atoms with Crippen LogP contribution in [0, 0.1) is 13.8 Å². The summed E-state index contributed by atoms with van der Waals surface area (Å²) in [6.45, 7) is 8.15. The van der Waals surface area contributed by atoms with Crippen LogP contribution in [0.15, 0.2) is 47.5 Å². The van der Waals surface area contributed by atoms with Crippen molar-refractivity contribution in [3.63, 3.8) is 0 Å². The lowest BCUT2D eigenvalue weighted by Crippen LogP contribution is -2.07. The normalized spacial score (nSPS) is 11.3. The Morgan fingerprint density at radius 2 is 1.73 bits per heavy atom. The average Bonchev–Trinajstić information content (AvgIpc) is 3.55. The second-order valence-electron chi connectivity index (χ2n) is 8.60. The number of benzene rings is 1. The Labute approximate surface area is 213 Å². The van der Waals surface area contributed by atoms with Gasteiger partial charge in [-0.25, -0.2) is 4.79 Å². The minimum absolute atomic E-state index is 0.0779. The lowest BCUT2D eigenvalue weighted by Gasteiger charge is -2.18. The molecule has 4 aromatic heterocycles. The van der Waals surface area contributed by atoms with Gasteiger partial charge in [0.15, 0.2) is 0 Å². The van der Waals surface area contributed by atoms with Crippen LogP contribution in [-0.2, 0) is 7.05 Å². The molecule has 0 saturated carbocycles. The highest BCUT2D eigenvalue weighted by Crippen LogP contribution is 2.41. The summed E-state index contributed by atoms with van der Waals surface area (Å²) in [7, 11) is 1.86. The molecule has 0 bridgehead atoms.